The number of nitrogens with zero attached hydrogens (tertiary/aromatic N) is 3. The van der Waals surface area contributed by atoms with Gasteiger partial charge in [-0.3, -0.25) is 4.40 Å². The Hall–Kier alpha value is -2.43. The first-order valence-electron chi connectivity index (χ1n) is 9.02. The first-order valence-corrected chi connectivity index (χ1v) is 9.02. The smallest absolute Gasteiger partial charge is 0.167 e. The molecule has 0 aliphatic heterocycles. The Labute approximate surface area is 146 Å². The standard InChI is InChI=1S/C20H22FN3O/c21-17-9-11-18(12-10-17)25-14-16-8-5-13-24-19(22-23-20(16)24)15-6-3-1-2-4-7-15/h5,8-13,15H,1-4,6-7,14H2. The van der Waals surface area contributed by atoms with E-state index in [0.717, 1.165) is 17.0 Å². The normalized spacial score (nSPS) is 16.0. The molecule has 0 N–H and O–H groups in total. The van der Waals surface area contributed by atoms with Gasteiger partial charge in [0.2, 0.25) is 0 Å². The van der Waals surface area contributed by atoms with E-state index in [4.69, 9.17) is 4.74 Å². The van der Waals surface area contributed by atoms with Gasteiger partial charge in [-0.25, -0.2) is 4.39 Å². The van der Waals surface area contributed by atoms with Crippen molar-refractivity contribution < 1.29 is 9.13 Å². The Morgan fingerprint density at radius 2 is 1.76 bits per heavy atom. The summed E-state index contributed by atoms with van der Waals surface area (Å²) in [6.45, 7) is 0.388. The second-order valence-corrected chi connectivity index (χ2v) is 6.72. The Bertz CT molecular complexity index is 836. The van der Waals surface area contributed by atoms with Gasteiger partial charge in [0.05, 0.1) is 0 Å². The molecule has 1 aliphatic rings. The summed E-state index contributed by atoms with van der Waals surface area (Å²) in [5.74, 6) is 1.94. The molecule has 4 nitrogen and oxygen atoms in total. The van der Waals surface area contributed by atoms with Crippen molar-refractivity contribution in [3.8, 4) is 5.75 Å². The molecule has 0 radical (unpaired) electrons. The zero-order valence-corrected chi connectivity index (χ0v) is 14.2. The minimum atomic E-state index is -0.264. The Balaban J connectivity index is 1.56. The third-order valence-corrected chi connectivity index (χ3v) is 4.97. The third kappa shape index (κ3) is 3.50. The quantitative estimate of drug-likeness (QED) is 0.636. The molecule has 130 valence electrons. The second-order valence-electron chi connectivity index (χ2n) is 6.72. The molecule has 0 bridgehead atoms. The maximum absolute atomic E-state index is 13.0. The summed E-state index contributed by atoms with van der Waals surface area (Å²) >= 11 is 0. The van der Waals surface area contributed by atoms with Gasteiger partial charge in [-0.05, 0) is 43.2 Å². The van der Waals surface area contributed by atoms with Crippen LogP contribution in [0.3, 0.4) is 0 Å². The van der Waals surface area contributed by atoms with Crippen molar-refractivity contribution in [3.05, 3.63) is 59.8 Å². The van der Waals surface area contributed by atoms with Crippen LogP contribution in [-0.4, -0.2) is 14.6 Å². The first-order chi connectivity index (χ1) is 12.3. The number of ether oxygens (including phenoxy) is 1. The van der Waals surface area contributed by atoms with Crippen LogP contribution in [0.25, 0.3) is 5.65 Å². The highest BCUT2D eigenvalue weighted by atomic mass is 19.1. The van der Waals surface area contributed by atoms with E-state index in [9.17, 15) is 4.39 Å². The van der Waals surface area contributed by atoms with E-state index in [1.807, 2.05) is 18.3 Å². The molecule has 0 saturated heterocycles. The fourth-order valence-corrected chi connectivity index (χ4v) is 3.61. The first kappa shape index (κ1) is 16.1. The fourth-order valence-electron chi connectivity index (χ4n) is 3.61. The zero-order chi connectivity index (χ0) is 17.1. The van der Waals surface area contributed by atoms with Crippen LogP contribution in [0.2, 0.25) is 0 Å². The van der Waals surface area contributed by atoms with E-state index in [1.54, 1.807) is 12.1 Å². The van der Waals surface area contributed by atoms with Crippen LogP contribution in [-0.2, 0) is 6.61 Å². The highest BCUT2D eigenvalue weighted by Crippen LogP contribution is 2.31. The summed E-state index contributed by atoms with van der Waals surface area (Å²) in [6, 6.07) is 10.1. The number of aromatic nitrogens is 3. The zero-order valence-electron chi connectivity index (χ0n) is 14.2. The lowest BCUT2D eigenvalue weighted by Gasteiger charge is -2.12. The Morgan fingerprint density at radius 3 is 2.52 bits per heavy atom. The molecule has 4 rings (SSSR count). The third-order valence-electron chi connectivity index (χ3n) is 4.97. The van der Waals surface area contributed by atoms with Gasteiger partial charge in [0.15, 0.2) is 5.65 Å². The molecule has 1 saturated carbocycles. The second kappa shape index (κ2) is 7.21. The summed E-state index contributed by atoms with van der Waals surface area (Å²) in [4.78, 5) is 0. The van der Waals surface area contributed by atoms with Gasteiger partial charge in [0.25, 0.3) is 0 Å². The summed E-state index contributed by atoms with van der Waals surface area (Å²) in [5.41, 5.74) is 1.84. The van der Waals surface area contributed by atoms with Gasteiger partial charge in [-0.1, -0.05) is 31.7 Å². The molecule has 2 heterocycles. The van der Waals surface area contributed by atoms with Crippen LogP contribution in [0.15, 0.2) is 42.6 Å². The summed E-state index contributed by atoms with van der Waals surface area (Å²) < 4.78 is 20.9. The van der Waals surface area contributed by atoms with E-state index in [0.29, 0.717) is 18.3 Å². The lowest BCUT2D eigenvalue weighted by molar-refractivity contribution is 0.306. The summed E-state index contributed by atoms with van der Waals surface area (Å²) in [7, 11) is 0. The summed E-state index contributed by atoms with van der Waals surface area (Å²) in [5, 5.41) is 8.92. The molecule has 2 aromatic heterocycles. The molecule has 1 fully saturated rings. The van der Waals surface area contributed by atoms with Crippen molar-refractivity contribution in [1.29, 1.82) is 0 Å². The lowest BCUT2D eigenvalue weighted by atomic mass is 9.99. The van der Waals surface area contributed by atoms with Crippen molar-refractivity contribution in [1.82, 2.24) is 14.6 Å². The van der Waals surface area contributed by atoms with E-state index in [1.165, 1.54) is 50.7 Å². The molecular weight excluding hydrogens is 317 g/mol. The number of pyridine rings is 1. The number of benzene rings is 1. The number of fused-ring (bicyclic) bond motifs is 1. The monoisotopic (exact) mass is 339 g/mol. The minimum Gasteiger partial charge on any atom is -0.489 e. The van der Waals surface area contributed by atoms with E-state index >= 15 is 0 Å². The van der Waals surface area contributed by atoms with Gasteiger partial charge in [0.1, 0.15) is 24.0 Å². The highest BCUT2D eigenvalue weighted by molar-refractivity contribution is 5.47. The van der Waals surface area contributed by atoms with Crippen molar-refractivity contribution in [2.45, 2.75) is 51.0 Å². The van der Waals surface area contributed by atoms with Gasteiger partial charge >= 0.3 is 0 Å². The maximum Gasteiger partial charge on any atom is 0.167 e. The van der Waals surface area contributed by atoms with Crippen molar-refractivity contribution >= 4 is 5.65 Å². The highest BCUT2D eigenvalue weighted by Gasteiger charge is 2.20. The molecule has 0 unspecified atom stereocenters. The van der Waals surface area contributed by atoms with Crippen LogP contribution < -0.4 is 4.74 Å². The summed E-state index contributed by atoms with van der Waals surface area (Å²) in [6.07, 6.45) is 9.61. The molecular formula is C20H22FN3O. The van der Waals surface area contributed by atoms with Crippen LogP contribution in [0.5, 0.6) is 5.75 Å². The van der Waals surface area contributed by atoms with Crippen LogP contribution >= 0.6 is 0 Å². The predicted molar refractivity (Wildman–Crippen MR) is 94.2 cm³/mol. The van der Waals surface area contributed by atoms with E-state index in [2.05, 4.69) is 14.6 Å². The minimum absolute atomic E-state index is 0.264. The molecule has 0 spiro atoms. The number of hydrogen-bond acceptors (Lipinski definition) is 3. The lowest BCUT2D eigenvalue weighted by Crippen LogP contribution is -2.05. The van der Waals surface area contributed by atoms with Gasteiger partial charge in [-0.2, -0.15) is 0 Å². The van der Waals surface area contributed by atoms with Gasteiger partial charge in [0, 0.05) is 17.7 Å². The average Bonchev–Trinajstić information content (AvgIpc) is 2.89. The number of halogens is 1. The molecule has 0 amide bonds. The van der Waals surface area contributed by atoms with Crippen molar-refractivity contribution in [3.63, 3.8) is 0 Å². The van der Waals surface area contributed by atoms with E-state index < -0.39 is 0 Å². The predicted octanol–water partition coefficient (Wildman–Crippen LogP) is 4.89. The van der Waals surface area contributed by atoms with Gasteiger partial charge in [-0.15, -0.1) is 10.2 Å². The van der Waals surface area contributed by atoms with Crippen molar-refractivity contribution in [2.75, 3.05) is 0 Å². The fraction of sp³-hybridized carbons (Fsp3) is 0.400. The molecule has 0 atom stereocenters. The largest absolute Gasteiger partial charge is 0.489 e. The SMILES string of the molecule is Fc1ccc(OCc2cccn3c(C4CCCCCC4)nnc23)cc1. The molecule has 1 aromatic carbocycles. The average molecular weight is 339 g/mol. The van der Waals surface area contributed by atoms with Crippen LogP contribution in [0.1, 0.15) is 55.8 Å². The molecule has 3 aromatic rings. The molecule has 5 heteroatoms. The van der Waals surface area contributed by atoms with Crippen LogP contribution in [0, 0.1) is 5.82 Å². The topological polar surface area (TPSA) is 39.4 Å². The van der Waals surface area contributed by atoms with Gasteiger partial charge < -0.3 is 4.74 Å². The van der Waals surface area contributed by atoms with Crippen molar-refractivity contribution in [2.24, 2.45) is 0 Å². The number of hydrogen-bond donors (Lipinski definition) is 0. The maximum atomic E-state index is 13.0. The van der Waals surface area contributed by atoms with E-state index in [-0.39, 0.29) is 5.82 Å². The van der Waals surface area contributed by atoms with Crippen LogP contribution in [0.4, 0.5) is 4.39 Å². The Kier molecular flexibility index (Phi) is 4.63. The molecule has 1 aliphatic carbocycles. The Morgan fingerprint density at radius 1 is 1.00 bits per heavy atom. The molecule has 25 heavy (non-hydrogen) atoms. The number of rotatable bonds is 4.